The molecule has 2 aromatic heterocycles. The Labute approximate surface area is 130 Å². The molecule has 5 nitrogen and oxygen atoms in total. The van der Waals surface area contributed by atoms with Gasteiger partial charge in [-0.3, -0.25) is 4.79 Å². The highest BCUT2D eigenvalue weighted by Crippen LogP contribution is 2.19. The van der Waals surface area contributed by atoms with Crippen molar-refractivity contribution in [3.63, 3.8) is 0 Å². The predicted octanol–water partition coefficient (Wildman–Crippen LogP) is 2.83. The highest BCUT2D eigenvalue weighted by molar-refractivity contribution is 7.98. The Balaban J connectivity index is 1.62. The number of carbonyl (C=O) groups excluding carboxylic acids is 1. The lowest BCUT2D eigenvalue weighted by Crippen LogP contribution is -2.29. The van der Waals surface area contributed by atoms with Gasteiger partial charge in [-0.05, 0) is 12.1 Å². The van der Waals surface area contributed by atoms with E-state index in [-0.39, 0.29) is 22.8 Å². The molecule has 0 spiro atoms. The van der Waals surface area contributed by atoms with E-state index in [1.807, 2.05) is 12.1 Å². The van der Waals surface area contributed by atoms with Crippen molar-refractivity contribution >= 4 is 40.9 Å². The molecular weight excluding hydrogens is 321 g/mol. The van der Waals surface area contributed by atoms with Crippen LogP contribution >= 0.6 is 35.0 Å². The number of carbonyl (C=O) groups is 1. The van der Waals surface area contributed by atoms with Crippen LogP contribution in [0.4, 0.5) is 0 Å². The summed E-state index contributed by atoms with van der Waals surface area (Å²) in [6.45, 7) is 0.700. The van der Waals surface area contributed by atoms with Crippen molar-refractivity contribution in [3.8, 4) is 0 Å². The van der Waals surface area contributed by atoms with Crippen LogP contribution in [0.2, 0.25) is 10.3 Å². The molecule has 2 heterocycles. The quantitative estimate of drug-likeness (QED) is 0.791. The zero-order chi connectivity index (χ0) is 14.4. The van der Waals surface area contributed by atoms with Crippen LogP contribution in [0.25, 0.3) is 0 Å². The molecule has 8 heteroatoms. The van der Waals surface area contributed by atoms with Crippen LogP contribution in [0.3, 0.4) is 0 Å². The second-order valence-corrected chi connectivity index (χ2v) is 5.76. The van der Waals surface area contributed by atoms with E-state index in [0.29, 0.717) is 6.54 Å². The number of amides is 1. The zero-order valence-electron chi connectivity index (χ0n) is 10.5. The first-order chi connectivity index (χ1) is 9.66. The maximum absolute atomic E-state index is 11.7. The van der Waals surface area contributed by atoms with Crippen molar-refractivity contribution in [2.75, 3.05) is 12.3 Å². The number of nitrogens with zero attached hydrogens (tertiary/aromatic N) is 2. The Morgan fingerprint density at radius 2 is 2.35 bits per heavy atom. The lowest BCUT2D eigenvalue weighted by Gasteiger charge is -2.06. The topological polar surface area (TPSA) is 60.1 Å². The molecule has 20 heavy (non-hydrogen) atoms. The monoisotopic (exact) mass is 333 g/mol. The minimum atomic E-state index is -0.125. The number of rotatable bonds is 7. The van der Waals surface area contributed by atoms with Crippen molar-refractivity contribution in [2.45, 2.75) is 12.3 Å². The maximum Gasteiger partial charge on any atom is 0.240 e. The second kappa shape index (κ2) is 7.61. The third-order valence-electron chi connectivity index (χ3n) is 2.44. The van der Waals surface area contributed by atoms with Gasteiger partial charge in [-0.15, -0.1) is 0 Å². The van der Waals surface area contributed by atoms with Crippen LogP contribution in [0.1, 0.15) is 5.76 Å². The van der Waals surface area contributed by atoms with Crippen molar-refractivity contribution < 1.29 is 9.21 Å². The summed E-state index contributed by atoms with van der Waals surface area (Å²) in [5, 5.41) is 3.28. The van der Waals surface area contributed by atoms with E-state index in [1.54, 1.807) is 18.0 Å². The number of imidazole rings is 1. The molecule has 0 aromatic carbocycles. The Kier molecular flexibility index (Phi) is 5.82. The normalized spacial score (nSPS) is 10.7. The van der Waals surface area contributed by atoms with E-state index in [1.165, 1.54) is 10.9 Å². The number of hydrogen-bond acceptors (Lipinski definition) is 4. The van der Waals surface area contributed by atoms with Gasteiger partial charge in [0.15, 0.2) is 5.15 Å². The molecule has 0 saturated carbocycles. The summed E-state index contributed by atoms with van der Waals surface area (Å²) in [6.07, 6.45) is 3.09. The molecule has 0 atom stereocenters. The molecule has 0 saturated heterocycles. The van der Waals surface area contributed by atoms with Gasteiger partial charge in [-0.1, -0.05) is 23.2 Å². The largest absolute Gasteiger partial charge is 0.468 e. The fraction of sp³-hybridized carbons (Fsp3) is 0.333. The van der Waals surface area contributed by atoms with Gasteiger partial charge in [0.25, 0.3) is 0 Å². The number of furan rings is 1. The molecule has 0 bridgehead atoms. The fourth-order valence-electron chi connectivity index (χ4n) is 1.49. The van der Waals surface area contributed by atoms with Crippen LogP contribution in [-0.2, 0) is 17.1 Å². The standard InChI is InChI=1S/C12H13Cl2N3O2S/c13-11-12(14)17(8-16-11)6-10(18)15-3-5-20-7-9-2-1-4-19-9/h1-2,4,8H,3,5-7H2,(H,15,18). The number of halogens is 2. The number of nitrogens with one attached hydrogen (secondary N) is 1. The first-order valence-electron chi connectivity index (χ1n) is 5.90. The van der Waals surface area contributed by atoms with E-state index < -0.39 is 0 Å². The van der Waals surface area contributed by atoms with Gasteiger partial charge in [0.1, 0.15) is 17.5 Å². The number of hydrogen-bond donors (Lipinski definition) is 1. The molecule has 0 fully saturated rings. The molecule has 1 amide bonds. The smallest absolute Gasteiger partial charge is 0.240 e. The lowest BCUT2D eigenvalue weighted by molar-refractivity contribution is -0.121. The molecule has 0 aliphatic heterocycles. The molecular formula is C12H13Cl2N3O2S. The first kappa shape index (κ1) is 15.3. The molecule has 1 N–H and O–H groups in total. The summed E-state index contributed by atoms with van der Waals surface area (Å²) in [5.41, 5.74) is 0. The Morgan fingerprint density at radius 3 is 3.00 bits per heavy atom. The van der Waals surface area contributed by atoms with E-state index in [0.717, 1.165) is 17.3 Å². The van der Waals surface area contributed by atoms with E-state index in [9.17, 15) is 4.79 Å². The van der Waals surface area contributed by atoms with Crippen LogP contribution in [0.5, 0.6) is 0 Å². The van der Waals surface area contributed by atoms with Gasteiger partial charge in [-0.25, -0.2) is 4.98 Å². The third kappa shape index (κ3) is 4.47. The van der Waals surface area contributed by atoms with Gasteiger partial charge in [0.05, 0.1) is 18.3 Å². The van der Waals surface area contributed by atoms with E-state index >= 15 is 0 Å². The summed E-state index contributed by atoms with van der Waals surface area (Å²) in [7, 11) is 0. The minimum Gasteiger partial charge on any atom is -0.468 e. The third-order valence-corrected chi connectivity index (χ3v) is 4.19. The summed E-state index contributed by atoms with van der Waals surface area (Å²) in [5.74, 6) is 2.41. The Morgan fingerprint density at radius 1 is 1.50 bits per heavy atom. The average Bonchev–Trinajstić information content (AvgIpc) is 3.04. The maximum atomic E-state index is 11.7. The number of thioether (sulfide) groups is 1. The van der Waals surface area contributed by atoms with Crippen LogP contribution < -0.4 is 5.32 Å². The van der Waals surface area contributed by atoms with E-state index in [4.69, 9.17) is 27.6 Å². The van der Waals surface area contributed by atoms with Gasteiger partial charge < -0.3 is 14.3 Å². The SMILES string of the molecule is O=C(Cn1cnc(Cl)c1Cl)NCCSCc1ccco1. The highest BCUT2D eigenvalue weighted by Gasteiger charge is 2.09. The van der Waals surface area contributed by atoms with Gasteiger partial charge >= 0.3 is 0 Å². The van der Waals surface area contributed by atoms with E-state index in [2.05, 4.69) is 10.3 Å². The van der Waals surface area contributed by atoms with Crippen LogP contribution in [0.15, 0.2) is 29.1 Å². The average molecular weight is 334 g/mol. The molecule has 0 unspecified atom stereocenters. The van der Waals surface area contributed by atoms with Crippen LogP contribution in [0, 0.1) is 0 Å². The fourth-order valence-corrected chi connectivity index (χ4v) is 2.55. The molecule has 0 aliphatic rings. The molecule has 0 radical (unpaired) electrons. The van der Waals surface area contributed by atoms with Crippen molar-refractivity contribution in [1.82, 2.24) is 14.9 Å². The highest BCUT2D eigenvalue weighted by atomic mass is 35.5. The summed E-state index contributed by atoms with van der Waals surface area (Å²) >= 11 is 13.3. The van der Waals surface area contributed by atoms with Gasteiger partial charge in [0.2, 0.25) is 5.91 Å². The predicted molar refractivity (Wildman–Crippen MR) is 80.1 cm³/mol. The molecule has 2 aromatic rings. The van der Waals surface area contributed by atoms with Crippen LogP contribution in [-0.4, -0.2) is 27.8 Å². The first-order valence-corrected chi connectivity index (χ1v) is 7.81. The molecule has 2 rings (SSSR count). The van der Waals surface area contributed by atoms with Gasteiger partial charge in [0, 0.05) is 12.3 Å². The number of aromatic nitrogens is 2. The Bertz CT molecular complexity index is 557. The molecule has 108 valence electrons. The van der Waals surface area contributed by atoms with Crippen molar-refractivity contribution in [2.24, 2.45) is 0 Å². The summed E-state index contributed by atoms with van der Waals surface area (Å²) in [4.78, 5) is 15.5. The van der Waals surface area contributed by atoms with Gasteiger partial charge in [-0.2, -0.15) is 11.8 Å². The van der Waals surface area contributed by atoms with Crippen molar-refractivity contribution in [1.29, 1.82) is 0 Å². The Hall–Kier alpha value is -1.11. The zero-order valence-corrected chi connectivity index (χ0v) is 12.8. The lowest BCUT2D eigenvalue weighted by atomic mass is 10.5. The van der Waals surface area contributed by atoms with Crippen molar-refractivity contribution in [3.05, 3.63) is 40.8 Å². The second-order valence-electron chi connectivity index (χ2n) is 3.94. The minimum absolute atomic E-state index is 0.113. The summed E-state index contributed by atoms with van der Waals surface area (Å²) in [6, 6.07) is 3.79. The molecule has 0 aliphatic carbocycles. The summed E-state index contributed by atoms with van der Waals surface area (Å²) < 4.78 is 6.71.